The van der Waals surface area contributed by atoms with E-state index in [1.54, 1.807) is 7.11 Å². The van der Waals surface area contributed by atoms with Gasteiger partial charge in [-0.15, -0.1) is 0 Å². The van der Waals surface area contributed by atoms with Crippen LogP contribution in [0.3, 0.4) is 0 Å². The third-order valence-electron chi connectivity index (χ3n) is 3.56. The summed E-state index contributed by atoms with van der Waals surface area (Å²) in [6, 6.07) is 6.11. The van der Waals surface area contributed by atoms with Gasteiger partial charge in [0.2, 0.25) is 0 Å². The molecular formula is C14H21ClN2O. The van der Waals surface area contributed by atoms with Crippen molar-refractivity contribution in [1.82, 2.24) is 4.90 Å². The molecule has 2 rings (SSSR count). The molecule has 1 aliphatic rings. The minimum Gasteiger partial charge on any atom is -0.497 e. The summed E-state index contributed by atoms with van der Waals surface area (Å²) in [5.41, 5.74) is 7.26. The molecule has 2 atom stereocenters. The first-order chi connectivity index (χ1) is 8.63. The Labute approximate surface area is 114 Å². The molecule has 1 fully saturated rings. The zero-order valence-electron chi connectivity index (χ0n) is 11.0. The van der Waals surface area contributed by atoms with Crippen molar-refractivity contribution in [2.24, 2.45) is 5.73 Å². The second-order valence-electron chi connectivity index (χ2n) is 4.93. The van der Waals surface area contributed by atoms with E-state index in [1.165, 1.54) is 12.8 Å². The lowest BCUT2D eigenvalue weighted by Crippen LogP contribution is -2.38. The Hall–Kier alpha value is -0.770. The summed E-state index contributed by atoms with van der Waals surface area (Å²) >= 11 is 6.36. The van der Waals surface area contributed by atoms with E-state index >= 15 is 0 Å². The summed E-state index contributed by atoms with van der Waals surface area (Å²) in [6.45, 7) is 4.26. The van der Waals surface area contributed by atoms with Crippen LogP contribution in [0.1, 0.15) is 31.4 Å². The standard InChI is InChI=1S/C14H21ClN2O/c1-10(16)14(17-7-3-4-8-17)12-6-5-11(18-2)9-13(12)15/h5-6,9-10,14H,3-4,7-8,16H2,1-2H3. The largest absolute Gasteiger partial charge is 0.497 e. The molecule has 0 bridgehead atoms. The van der Waals surface area contributed by atoms with Crippen LogP contribution in [-0.4, -0.2) is 31.1 Å². The monoisotopic (exact) mass is 268 g/mol. The van der Waals surface area contributed by atoms with Gasteiger partial charge in [-0.1, -0.05) is 17.7 Å². The zero-order valence-corrected chi connectivity index (χ0v) is 11.8. The Bertz CT molecular complexity index is 403. The number of hydrogen-bond acceptors (Lipinski definition) is 3. The molecule has 0 aromatic heterocycles. The molecule has 18 heavy (non-hydrogen) atoms. The van der Waals surface area contributed by atoms with Crippen LogP contribution in [-0.2, 0) is 0 Å². The lowest BCUT2D eigenvalue weighted by Gasteiger charge is -2.31. The van der Waals surface area contributed by atoms with Gasteiger partial charge in [0.05, 0.1) is 13.2 Å². The highest BCUT2D eigenvalue weighted by atomic mass is 35.5. The third kappa shape index (κ3) is 2.79. The van der Waals surface area contributed by atoms with Crippen LogP contribution in [0, 0.1) is 0 Å². The highest BCUT2D eigenvalue weighted by molar-refractivity contribution is 6.31. The van der Waals surface area contributed by atoms with Crippen molar-refractivity contribution in [3.63, 3.8) is 0 Å². The Morgan fingerprint density at radius 1 is 1.33 bits per heavy atom. The van der Waals surface area contributed by atoms with Gasteiger partial charge in [-0.3, -0.25) is 4.90 Å². The maximum Gasteiger partial charge on any atom is 0.120 e. The first kappa shape index (κ1) is 13.7. The fraction of sp³-hybridized carbons (Fsp3) is 0.571. The van der Waals surface area contributed by atoms with E-state index < -0.39 is 0 Å². The molecule has 2 N–H and O–H groups in total. The second-order valence-corrected chi connectivity index (χ2v) is 5.34. The minimum absolute atomic E-state index is 0.0639. The molecule has 1 aromatic carbocycles. The molecule has 1 aromatic rings. The SMILES string of the molecule is COc1ccc(C(C(C)N)N2CCCC2)c(Cl)c1. The van der Waals surface area contributed by atoms with Crippen LogP contribution >= 0.6 is 11.6 Å². The van der Waals surface area contributed by atoms with Crippen molar-refractivity contribution in [2.75, 3.05) is 20.2 Å². The van der Waals surface area contributed by atoms with Gasteiger partial charge in [-0.2, -0.15) is 0 Å². The molecule has 1 saturated heterocycles. The predicted molar refractivity (Wildman–Crippen MR) is 75.2 cm³/mol. The van der Waals surface area contributed by atoms with E-state index in [0.29, 0.717) is 0 Å². The molecule has 100 valence electrons. The van der Waals surface area contributed by atoms with Crippen LogP contribution in [0.4, 0.5) is 0 Å². The molecule has 0 saturated carbocycles. The van der Waals surface area contributed by atoms with Gasteiger partial charge >= 0.3 is 0 Å². The van der Waals surface area contributed by atoms with Crippen LogP contribution in [0.5, 0.6) is 5.75 Å². The van der Waals surface area contributed by atoms with Crippen molar-refractivity contribution in [3.8, 4) is 5.75 Å². The molecule has 2 unspecified atom stereocenters. The van der Waals surface area contributed by atoms with Gasteiger partial charge in [-0.25, -0.2) is 0 Å². The van der Waals surface area contributed by atoms with E-state index in [-0.39, 0.29) is 12.1 Å². The molecule has 1 heterocycles. The fourth-order valence-electron chi connectivity index (χ4n) is 2.71. The Balaban J connectivity index is 2.30. The number of nitrogens with two attached hydrogens (primary N) is 1. The highest BCUT2D eigenvalue weighted by Gasteiger charge is 2.28. The second kappa shape index (κ2) is 5.91. The van der Waals surface area contributed by atoms with Gasteiger partial charge in [-0.05, 0) is 50.6 Å². The first-order valence-corrected chi connectivity index (χ1v) is 6.84. The number of methoxy groups -OCH3 is 1. The van der Waals surface area contributed by atoms with Gasteiger partial charge < -0.3 is 10.5 Å². The van der Waals surface area contributed by atoms with E-state index in [2.05, 4.69) is 4.90 Å². The average Bonchev–Trinajstić information content (AvgIpc) is 2.84. The Morgan fingerprint density at radius 2 is 2.00 bits per heavy atom. The number of nitrogens with zero attached hydrogens (tertiary/aromatic N) is 1. The highest BCUT2D eigenvalue weighted by Crippen LogP contribution is 2.34. The summed E-state index contributed by atoms with van der Waals surface area (Å²) in [7, 11) is 1.65. The summed E-state index contributed by atoms with van der Waals surface area (Å²) < 4.78 is 5.19. The van der Waals surface area contributed by atoms with Crippen molar-refractivity contribution in [3.05, 3.63) is 28.8 Å². The minimum atomic E-state index is 0.0639. The number of ether oxygens (including phenoxy) is 1. The normalized spacial score (nSPS) is 19.8. The number of halogens is 1. The Morgan fingerprint density at radius 3 is 2.50 bits per heavy atom. The van der Waals surface area contributed by atoms with Crippen molar-refractivity contribution in [1.29, 1.82) is 0 Å². The fourth-order valence-corrected chi connectivity index (χ4v) is 2.99. The molecule has 0 aliphatic carbocycles. The van der Waals surface area contributed by atoms with Crippen LogP contribution < -0.4 is 10.5 Å². The maximum absolute atomic E-state index is 6.36. The molecular weight excluding hydrogens is 248 g/mol. The molecule has 0 amide bonds. The van der Waals surface area contributed by atoms with Gasteiger partial charge in [0, 0.05) is 11.1 Å². The molecule has 0 spiro atoms. The lowest BCUT2D eigenvalue weighted by atomic mass is 9.99. The van der Waals surface area contributed by atoms with Crippen molar-refractivity contribution >= 4 is 11.6 Å². The van der Waals surface area contributed by atoms with E-state index in [0.717, 1.165) is 29.4 Å². The van der Waals surface area contributed by atoms with E-state index in [4.69, 9.17) is 22.1 Å². The van der Waals surface area contributed by atoms with Gasteiger partial charge in [0.1, 0.15) is 5.75 Å². The van der Waals surface area contributed by atoms with Crippen LogP contribution in [0.25, 0.3) is 0 Å². The number of benzene rings is 1. The van der Waals surface area contributed by atoms with Crippen LogP contribution in [0.2, 0.25) is 5.02 Å². The third-order valence-corrected chi connectivity index (χ3v) is 3.89. The quantitative estimate of drug-likeness (QED) is 0.913. The maximum atomic E-state index is 6.36. The number of hydrogen-bond donors (Lipinski definition) is 1. The number of likely N-dealkylation sites (tertiary alicyclic amines) is 1. The summed E-state index contributed by atoms with van der Waals surface area (Å²) in [5, 5.41) is 0.739. The lowest BCUT2D eigenvalue weighted by molar-refractivity contribution is 0.219. The molecule has 3 nitrogen and oxygen atoms in total. The van der Waals surface area contributed by atoms with E-state index in [1.807, 2.05) is 25.1 Å². The summed E-state index contributed by atoms with van der Waals surface area (Å²) in [4.78, 5) is 2.43. The number of rotatable bonds is 4. The predicted octanol–water partition coefficient (Wildman–Crippen LogP) is 2.83. The van der Waals surface area contributed by atoms with Crippen molar-refractivity contribution in [2.45, 2.75) is 31.8 Å². The van der Waals surface area contributed by atoms with Crippen molar-refractivity contribution < 1.29 is 4.74 Å². The van der Waals surface area contributed by atoms with Gasteiger partial charge in [0.15, 0.2) is 0 Å². The topological polar surface area (TPSA) is 38.5 Å². The Kier molecular flexibility index (Phi) is 4.49. The molecule has 0 radical (unpaired) electrons. The summed E-state index contributed by atoms with van der Waals surface area (Å²) in [5.74, 6) is 0.786. The molecule has 4 heteroatoms. The van der Waals surface area contributed by atoms with Gasteiger partial charge in [0.25, 0.3) is 0 Å². The summed E-state index contributed by atoms with van der Waals surface area (Å²) in [6.07, 6.45) is 2.49. The average molecular weight is 269 g/mol. The zero-order chi connectivity index (χ0) is 13.1. The smallest absolute Gasteiger partial charge is 0.120 e. The van der Waals surface area contributed by atoms with E-state index in [9.17, 15) is 0 Å². The first-order valence-electron chi connectivity index (χ1n) is 6.46. The molecule has 1 aliphatic heterocycles. The van der Waals surface area contributed by atoms with Crippen LogP contribution in [0.15, 0.2) is 18.2 Å².